The summed E-state index contributed by atoms with van der Waals surface area (Å²) in [5, 5.41) is 3.26. The second-order valence-electron chi connectivity index (χ2n) is 3.69. The standard InChI is InChI=1S/C12H17NO3.ClH/c1-14-10-3-2-4-11(7-10)16-9-12-8-13-5-6-15-12;/h2-4,7,12-13H,5-6,8-9H2,1H3;1H/t12-;/m0./s1. The second-order valence-corrected chi connectivity index (χ2v) is 3.69. The Morgan fingerprint density at radius 3 is 2.94 bits per heavy atom. The van der Waals surface area contributed by atoms with Crippen molar-refractivity contribution in [2.24, 2.45) is 0 Å². The van der Waals surface area contributed by atoms with Crippen molar-refractivity contribution in [1.82, 2.24) is 5.32 Å². The van der Waals surface area contributed by atoms with E-state index in [1.54, 1.807) is 7.11 Å². The molecule has 0 bridgehead atoms. The van der Waals surface area contributed by atoms with Gasteiger partial charge in [-0.3, -0.25) is 0 Å². The molecule has 1 aliphatic heterocycles. The molecule has 0 spiro atoms. The van der Waals surface area contributed by atoms with E-state index < -0.39 is 0 Å². The molecular weight excluding hydrogens is 242 g/mol. The maximum Gasteiger partial charge on any atom is 0.123 e. The van der Waals surface area contributed by atoms with Gasteiger partial charge < -0.3 is 19.5 Å². The number of nitrogens with one attached hydrogen (secondary N) is 1. The van der Waals surface area contributed by atoms with Gasteiger partial charge in [0.05, 0.1) is 13.7 Å². The minimum absolute atomic E-state index is 0. The molecule has 0 amide bonds. The van der Waals surface area contributed by atoms with Crippen molar-refractivity contribution in [3.63, 3.8) is 0 Å². The summed E-state index contributed by atoms with van der Waals surface area (Å²) >= 11 is 0. The summed E-state index contributed by atoms with van der Waals surface area (Å²) in [6.45, 7) is 3.10. The van der Waals surface area contributed by atoms with Crippen LogP contribution in [0.2, 0.25) is 0 Å². The first kappa shape index (κ1) is 14.1. The number of hydrogen-bond acceptors (Lipinski definition) is 4. The Morgan fingerprint density at radius 1 is 1.41 bits per heavy atom. The lowest BCUT2D eigenvalue weighted by molar-refractivity contribution is 0.000159. The Bertz CT molecular complexity index is 329. The number of ether oxygens (including phenoxy) is 3. The fourth-order valence-electron chi connectivity index (χ4n) is 1.61. The molecule has 0 radical (unpaired) electrons. The quantitative estimate of drug-likeness (QED) is 0.889. The van der Waals surface area contributed by atoms with E-state index in [4.69, 9.17) is 14.2 Å². The Labute approximate surface area is 108 Å². The van der Waals surface area contributed by atoms with Gasteiger partial charge in [0.25, 0.3) is 0 Å². The van der Waals surface area contributed by atoms with E-state index in [2.05, 4.69) is 5.32 Å². The van der Waals surface area contributed by atoms with Crippen molar-refractivity contribution in [3.8, 4) is 11.5 Å². The first-order chi connectivity index (χ1) is 7.88. The van der Waals surface area contributed by atoms with Crippen molar-refractivity contribution in [2.75, 3.05) is 33.4 Å². The van der Waals surface area contributed by atoms with Crippen LogP contribution < -0.4 is 14.8 Å². The van der Waals surface area contributed by atoms with Crippen LogP contribution in [0.25, 0.3) is 0 Å². The van der Waals surface area contributed by atoms with Gasteiger partial charge in [0, 0.05) is 19.2 Å². The molecule has 96 valence electrons. The highest BCUT2D eigenvalue weighted by atomic mass is 35.5. The number of morpholine rings is 1. The fraction of sp³-hybridized carbons (Fsp3) is 0.500. The summed E-state index contributed by atoms with van der Waals surface area (Å²) in [5.41, 5.74) is 0. The molecule has 0 unspecified atom stereocenters. The van der Waals surface area contributed by atoms with Crippen LogP contribution in [-0.4, -0.2) is 39.5 Å². The zero-order valence-corrected chi connectivity index (χ0v) is 10.7. The van der Waals surface area contributed by atoms with Gasteiger partial charge in [-0.2, -0.15) is 0 Å². The molecule has 1 aromatic carbocycles. The van der Waals surface area contributed by atoms with E-state index >= 15 is 0 Å². The fourth-order valence-corrected chi connectivity index (χ4v) is 1.61. The normalized spacial score (nSPS) is 19.2. The minimum Gasteiger partial charge on any atom is -0.497 e. The average Bonchev–Trinajstić information content (AvgIpc) is 2.38. The van der Waals surface area contributed by atoms with Crippen LogP contribution in [-0.2, 0) is 4.74 Å². The minimum atomic E-state index is 0. The van der Waals surface area contributed by atoms with Crippen LogP contribution >= 0.6 is 12.4 Å². The summed E-state index contributed by atoms with van der Waals surface area (Å²) in [5.74, 6) is 1.62. The van der Waals surface area contributed by atoms with Crippen LogP contribution in [0, 0.1) is 0 Å². The molecule has 1 aromatic rings. The smallest absolute Gasteiger partial charge is 0.123 e. The summed E-state index contributed by atoms with van der Waals surface area (Å²) < 4.78 is 16.3. The van der Waals surface area contributed by atoms with Crippen molar-refractivity contribution in [1.29, 1.82) is 0 Å². The summed E-state index contributed by atoms with van der Waals surface area (Å²) in [7, 11) is 1.65. The molecular formula is C12H18ClNO3. The average molecular weight is 260 g/mol. The first-order valence-corrected chi connectivity index (χ1v) is 5.47. The number of methoxy groups -OCH3 is 1. The van der Waals surface area contributed by atoms with E-state index in [1.165, 1.54) is 0 Å². The van der Waals surface area contributed by atoms with Gasteiger partial charge in [0.2, 0.25) is 0 Å². The molecule has 0 aliphatic carbocycles. The predicted molar refractivity (Wildman–Crippen MR) is 68.3 cm³/mol. The second kappa shape index (κ2) is 7.37. The topological polar surface area (TPSA) is 39.7 Å². The molecule has 2 rings (SSSR count). The third-order valence-corrected chi connectivity index (χ3v) is 2.48. The van der Waals surface area contributed by atoms with Crippen LogP contribution in [0.5, 0.6) is 11.5 Å². The van der Waals surface area contributed by atoms with Crippen molar-refractivity contribution in [2.45, 2.75) is 6.10 Å². The number of benzene rings is 1. The highest BCUT2D eigenvalue weighted by Crippen LogP contribution is 2.19. The van der Waals surface area contributed by atoms with Gasteiger partial charge in [-0.1, -0.05) is 6.07 Å². The molecule has 1 aliphatic rings. The van der Waals surface area contributed by atoms with Crippen LogP contribution in [0.4, 0.5) is 0 Å². The molecule has 1 fully saturated rings. The number of halogens is 1. The maximum absolute atomic E-state index is 5.64. The number of hydrogen-bond donors (Lipinski definition) is 1. The monoisotopic (exact) mass is 259 g/mol. The third-order valence-electron chi connectivity index (χ3n) is 2.48. The van der Waals surface area contributed by atoms with Gasteiger partial charge >= 0.3 is 0 Å². The lowest BCUT2D eigenvalue weighted by Gasteiger charge is -2.23. The zero-order valence-electron chi connectivity index (χ0n) is 9.85. The lowest BCUT2D eigenvalue weighted by Crippen LogP contribution is -2.41. The molecule has 4 nitrogen and oxygen atoms in total. The van der Waals surface area contributed by atoms with Gasteiger partial charge in [0.15, 0.2) is 0 Å². The maximum atomic E-state index is 5.64. The molecule has 1 heterocycles. The lowest BCUT2D eigenvalue weighted by atomic mass is 10.3. The number of rotatable bonds is 4. The summed E-state index contributed by atoms with van der Waals surface area (Å²) in [4.78, 5) is 0. The Hall–Kier alpha value is -0.970. The highest BCUT2D eigenvalue weighted by Gasteiger charge is 2.13. The molecule has 5 heteroatoms. The Morgan fingerprint density at radius 2 is 2.24 bits per heavy atom. The van der Waals surface area contributed by atoms with E-state index in [9.17, 15) is 0 Å². The van der Waals surface area contributed by atoms with E-state index in [0.29, 0.717) is 6.61 Å². The van der Waals surface area contributed by atoms with Crippen molar-refractivity contribution >= 4 is 12.4 Å². The van der Waals surface area contributed by atoms with Crippen LogP contribution in [0.1, 0.15) is 0 Å². The van der Waals surface area contributed by atoms with Gasteiger partial charge in [-0.25, -0.2) is 0 Å². The van der Waals surface area contributed by atoms with Crippen molar-refractivity contribution in [3.05, 3.63) is 24.3 Å². The van der Waals surface area contributed by atoms with Gasteiger partial charge in [-0.15, -0.1) is 12.4 Å². The van der Waals surface area contributed by atoms with Crippen LogP contribution in [0.15, 0.2) is 24.3 Å². The molecule has 1 atom stereocenters. The highest BCUT2D eigenvalue weighted by molar-refractivity contribution is 5.85. The van der Waals surface area contributed by atoms with Gasteiger partial charge in [0.1, 0.15) is 24.2 Å². The summed E-state index contributed by atoms with van der Waals surface area (Å²) in [6, 6.07) is 7.59. The molecule has 1 N–H and O–H groups in total. The first-order valence-electron chi connectivity index (χ1n) is 5.47. The van der Waals surface area contributed by atoms with Crippen LogP contribution in [0.3, 0.4) is 0 Å². The molecule has 17 heavy (non-hydrogen) atoms. The third kappa shape index (κ3) is 4.42. The largest absolute Gasteiger partial charge is 0.497 e. The molecule has 0 aromatic heterocycles. The zero-order chi connectivity index (χ0) is 11.2. The molecule has 1 saturated heterocycles. The van der Waals surface area contributed by atoms with E-state index in [0.717, 1.165) is 31.2 Å². The predicted octanol–water partition coefficient (Wildman–Crippen LogP) is 1.48. The van der Waals surface area contributed by atoms with Gasteiger partial charge in [-0.05, 0) is 12.1 Å². The Balaban J connectivity index is 0.00000144. The SMILES string of the molecule is COc1cccc(OC[C@@H]2CNCCO2)c1.Cl. The van der Waals surface area contributed by atoms with E-state index in [1.807, 2.05) is 24.3 Å². The Kier molecular flexibility index (Phi) is 6.11. The summed E-state index contributed by atoms with van der Waals surface area (Å²) in [6.07, 6.45) is 0.139. The van der Waals surface area contributed by atoms with Crippen molar-refractivity contribution < 1.29 is 14.2 Å². The van der Waals surface area contributed by atoms with E-state index in [-0.39, 0.29) is 18.5 Å². The molecule has 0 saturated carbocycles.